The van der Waals surface area contributed by atoms with Gasteiger partial charge in [-0.05, 0) is 30.7 Å². The molecule has 27 heavy (non-hydrogen) atoms. The Morgan fingerprint density at radius 3 is 2.48 bits per heavy atom. The van der Waals surface area contributed by atoms with Crippen molar-refractivity contribution in [1.82, 2.24) is 14.5 Å². The first-order valence-corrected chi connectivity index (χ1v) is 8.23. The van der Waals surface area contributed by atoms with Crippen LogP contribution < -0.4 is 11.0 Å². The van der Waals surface area contributed by atoms with Crippen molar-refractivity contribution in [2.24, 2.45) is 0 Å². The molecule has 3 aromatic rings. The summed E-state index contributed by atoms with van der Waals surface area (Å²) in [5, 5.41) is 2.99. The van der Waals surface area contributed by atoms with Crippen LogP contribution in [0.2, 0.25) is 0 Å². The SMILES string of the molecule is Cc1ccccc1-n1c(=O)nc(N[C@@H]2C[C@@H]2F)c2ccc(C(F)(F)F)nc21. The number of fused-ring (bicyclic) bond motifs is 1. The van der Waals surface area contributed by atoms with Crippen molar-refractivity contribution < 1.29 is 17.6 Å². The molecule has 1 aliphatic rings. The van der Waals surface area contributed by atoms with Crippen LogP contribution in [0.1, 0.15) is 17.7 Å². The maximum absolute atomic E-state index is 13.2. The number of rotatable bonds is 3. The average Bonchev–Trinajstić information content (AvgIpc) is 3.30. The summed E-state index contributed by atoms with van der Waals surface area (Å²) in [4.78, 5) is 20.3. The number of halogens is 4. The number of aromatic nitrogens is 3. The van der Waals surface area contributed by atoms with Crippen LogP contribution in [0.5, 0.6) is 0 Å². The summed E-state index contributed by atoms with van der Waals surface area (Å²) in [6.07, 6.45) is -5.47. The van der Waals surface area contributed by atoms with Crippen molar-refractivity contribution in [2.45, 2.75) is 31.7 Å². The van der Waals surface area contributed by atoms with E-state index >= 15 is 0 Å². The van der Waals surface area contributed by atoms with Crippen LogP contribution >= 0.6 is 0 Å². The van der Waals surface area contributed by atoms with Crippen molar-refractivity contribution >= 4 is 16.9 Å². The highest BCUT2D eigenvalue weighted by Crippen LogP contribution is 2.33. The van der Waals surface area contributed by atoms with Gasteiger partial charge in [0.2, 0.25) is 0 Å². The largest absolute Gasteiger partial charge is 0.433 e. The van der Waals surface area contributed by atoms with E-state index in [9.17, 15) is 22.4 Å². The van der Waals surface area contributed by atoms with Crippen molar-refractivity contribution in [3.8, 4) is 5.69 Å². The van der Waals surface area contributed by atoms with E-state index in [1.165, 1.54) is 6.07 Å². The quantitative estimate of drug-likeness (QED) is 0.707. The zero-order valence-electron chi connectivity index (χ0n) is 14.1. The molecule has 1 aromatic carbocycles. The van der Waals surface area contributed by atoms with Crippen molar-refractivity contribution in [2.75, 3.05) is 5.32 Å². The third-order valence-corrected chi connectivity index (χ3v) is 4.42. The molecule has 1 N–H and O–H groups in total. The minimum Gasteiger partial charge on any atom is -0.364 e. The highest BCUT2D eigenvalue weighted by Gasteiger charge is 2.38. The maximum atomic E-state index is 13.2. The fourth-order valence-electron chi connectivity index (χ4n) is 2.89. The van der Waals surface area contributed by atoms with Crippen molar-refractivity contribution in [3.05, 3.63) is 58.1 Å². The second kappa shape index (κ2) is 6.04. The number of alkyl halides is 4. The predicted octanol–water partition coefficient (Wildman–Crippen LogP) is 3.63. The second-order valence-corrected chi connectivity index (χ2v) is 6.43. The van der Waals surface area contributed by atoms with Crippen LogP contribution in [0.15, 0.2) is 41.2 Å². The van der Waals surface area contributed by atoms with E-state index in [4.69, 9.17) is 0 Å². The number of anilines is 1. The Morgan fingerprint density at radius 2 is 1.85 bits per heavy atom. The number of pyridine rings is 1. The molecule has 2 atom stereocenters. The number of hydrogen-bond acceptors (Lipinski definition) is 4. The molecule has 0 radical (unpaired) electrons. The average molecular weight is 378 g/mol. The molecule has 0 bridgehead atoms. The number of hydrogen-bond donors (Lipinski definition) is 1. The van der Waals surface area contributed by atoms with E-state index in [0.717, 1.165) is 10.6 Å². The molecule has 140 valence electrons. The summed E-state index contributed by atoms with van der Waals surface area (Å²) in [6, 6.07) is 8.26. The highest BCUT2D eigenvalue weighted by molar-refractivity contribution is 5.88. The molecule has 2 aromatic heterocycles. The standard InChI is InChI=1S/C18H14F4N4O/c1-9-4-2-3-5-13(9)26-16-10(6-7-14(24-16)18(20,21)22)15(25-17(26)27)23-12-8-11(12)19/h2-7,11-12H,8H2,1H3,(H,23,25,27)/t11-,12+/m0/s1. The third kappa shape index (κ3) is 3.13. The van der Waals surface area contributed by atoms with Crippen LogP contribution in [-0.2, 0) is 6.18 Å². The van der Waals surface area contributed by atoms with Gasteiger partial charge in [0.15, 0.2) is 5.65 Å². The lowest BCUT2D eigenvalue weighted by atomic mass is 10.2. The fourth-order valence-corrected chi connectivity index (χ4v) is 2.89. The van der Waals surface area contributed by atoms with Crippen molar-refractivity contribution in [3.63, 3.8) is 0 Å². The summed E-state index contributed by atoms with van der Waals surface area (Å²) in [5.41, 5.74) is -1.04. The molecule has 9 heteroatoms. The number of para-hydroxylation sites is 1. The van der Waals surface area contributed by atoms with Gasteiger partial charge >= 0.3 is 11.9 Å². The van der Waals surface area contributed by atoms with Gasteiger partial charge in [0.05, 0.1) is 17.1 Å². The summed E-state index contributed by atoms with van der Waals surface area (Å²) in [5.74, 6) is 0.0335. The molecule has 4 rings (SSSR count). The second-order valence-electron chi connectivity index (χ2n) is 6.43. The molecule has 1 fully saturated rings. The lowest BCUT2D eigenvalue weighted by molar-refractivity contribution is -0.141. The summed E-state index contributed by atoms with van der Waals surface area (Å²) < 4.78 is 53.8. The Labute approximate surface area is 150 Å². The van der Waals surface area contributed by atoms with Crippen LogP contribution in [0.3, 0.4) is 0 Å². The Balaban J connectivity index is 2.01. The Hall–Kier alpha value is -2.97. The van der Waals surface area contributed by atoms with E-state index in [1.807, 2.05) is 0 Å². The molecule has 5 nitrogen and oxygen atoms in total. The lowest BCUT2D eigenvalue weighted by Crippen LogP contribution is -2.26. The van der Waals surface area contributed by atoms with Gasteiger partial charge in [0, 0.05) is 6.42 Å². The smallest absolute Gasteiger partial charge is 0.364 e. The first-order valence-electron chi connectivity index (χ1n) is 8.23. The van der Waals surface area contributed by atoms with Crippen LogP contribution in [0.25, 0.3) is 16.7 Å². The number of nitrogens with one attached hydrogen (secondary N) is 1. The molecule has 0 unspecified atom stereocenters. The van der Waals surface area contributed by atoms with E-state index < -0.39 is 29.8 Å². The molecule has 1 aliphatic carbocycles. The van der Waals surface area contributed by atoms with Gasteiger partial charge in [-0.3, -0.25) is 0 Å². The van der Waals surface area contributed by atoms with Crippen molar-refractivity contribution in [1.29, 1.82) is 0 Å². The lowest BCUT2D eigenvalue weighted by Gasteiger charge is -2.15. The predicted molar refractivity (Wildman–Crippen MR) is 91.8 cm³/mol. The van der Waals surface area contributed by atoms with Gasteiger partial charge in [-0.2, -0.15) is 18.2 Å². The van der Waals surface area contributed by atoms with Crippen LogP contribution in [0, 0.1) is 6.92 Å². The molecule has 0 aliphatic heterocycles. The number of nitrogens with zero attached hydrogens (tertiary/aromatic N) is 3. The molecule has 1 saturated carbocycles. The molecule has 0 spiro atoms. The van der Waals surface area contributed by atoms with Gasteiger partial charge in [0.1, 0.15) is 17.7 Å². The summed E-state index contributed by atoms with van der Waals surface area (Å²) in [6.45, 7) is 1.73. The van der Waals surface area contributed by atoms with E-state index in [2.05, 4.69) is 15.3 Å². The fraction of sp³-hybridized carbons (Fsp3) is 0.278. The van der Waals surface area contributed by atoms with Gasteiger partial charge in [-0.1, -0.05) is 18.2 Å². The molecule has 0 amide bonds. The zero-order chi connectivity index (χ0) is 19.3. The highest BCUT2D eigenvalue weighted by atomic mass is 19.4. The number of aryl methyl sites for hydroxylation is 1. The molecule has 2 heterocycles. The molecular weight excluding hydrogens is 364 g/mol. The number of benzene rings is 1. The minimum atomic E-state index is -4.67. The third-order valence-electron chi connectivity index (χ3n) is 4.42. The normalized spacial score (nSPS) is 19.3. The van der Waals surface area contributed by atoms with E-state index in [-0.39, 0.29) is 23.3 Å². The van der Waals surface area contributed by atoms with Crippen LogP contribution in [-0.4, -0.2) is 26.7 Å². The monoisotopic (exact) mass is 378 g/mol. The summed E-state index contributed by atoms with van der Waals surface area (Å²) >= 11 is 0. The molecule has 0 saturated heterocycles. The summed E-state index contributed by atoms with van der Waals surface area (Å²) in [7, 11) is 0. The van der Waals surface area contributed by atoms with E-state index in [1.54, 1.807) is 31.2 Å². The Kier molecular flexibility index (Phi) is 3.90. The van der Waals surface area contributed by atoms with E-state index in [0.29, 0.717) is 11.3 Å². The minimum absolute atomic E-state index is 0.0335. The topological polar surface area (TPSA) is 59.8 Å². The van der Waals surface area contributed by atoms with Crippen LogP contribution in [0.4, 0.5) is 23.4 Å². The Morgan fingerprint density at radius 1 is 1.15 bits per heavy atom. The first-order chi connectivity index (χ1) is 12.8. The van der Waals surface area contributed by atoms with Gasteiger partial charge in [-0.15, -0.1) is 0 Å². The first kappa shape index (κ1) is 17.4. The van der Waals surface area contributed by atoms with Gasteiger partial charge in [-0.25, -0.2) is 18.7 Å². The van der Waals surface area contributed by atoms with Gasteiger partial charge in [0.25, 0.3) is 0 Å². The maximum Gasteiger partial charge on any atom is 0.433 e. The van der Waals surface area contributed by atoms with Gasteiger partial charge < -0.3 is 5.32 Å². The molecular formula is C18H14F4N4O. The zero-order valence-corrected chi connectivity index (χ0v) is 14.1. The Bertz CT molecular complexity index is 1090.